The molecule has 3 aromatic heterocycles. The number of ketones is 1. The molecule has 0 bridgehead atoms. The molecule has 7 nitrogen and oxygen atoms in total. The van der Waals surface area contributed by atoms with Crippen LogP contribution in [0.25, 0.3) is 5.82 Å². The predicted molar refractivity (Wildman–Crippen MR) is 93.9 cm³/mol. The number of nitrogens with zero attached hydrogens (tertiary/aromatic N) is 3. The summed E-state index contributed by atoms with van der Waals surface area (Å²) in [7, 11) is 0. The molecule has 8 heteroatoms. The molecule has 3 rings (SSSR count). The molecule has 0 amide bonds. The molecule has 0 aliphatic heterocycles. The minimum atomic E-state index is -0.697. The van der Waals surface area contributed by atoms with Crippen molar-refractivity contribution in [1.29, 1.82) is 0 Å². The first-order valence-corrected chi connectivity index (χ1v) is 8.19. The summed E-state index contributed by atoms with van der Waals surface area (Å²) >= 11 is 5.85. The van der Waals surface area contributed by atoms with E-state index in [1.165, 1.54) is 12.3 Å². The minimum absolute atomic E-state index is 0.0320. The van der Waals surface area contributed by atoms with Gasteiger partial charge in [0.15, 0.2) is 12.4 Å². The molecule has 0 unspecified atom stereocenters. The Hall–Kier alpha value is -2.93. The van der Waals surface area contributed by atoms with Crippen LogP contribution in [0.5, 0.6) is 0 Å². The van der Waals surface area contributed by atoms with Gasteiger partial charge in [-0.2, -0.15) is 0 Å². The molecule has 0 aromatic carbocycles. The van der Waals surface area contributed by atoms with Gasteiger partial charge in [0, 0.05) is 29.2 Å². The number of ether oxygens (including phenoxy) is 1. The highest BCUT2D eigenvalue weighted by molar-refractivity contribution is 6.32. The van der Waals surface area contributed by atoms with Crippen molar-refractivity contribution in [2.45, 2.75) is 20.8 Å². The number of aromatic nitrogens is 3. The van der Waals surface area contributed by atoms with Gasteiger partial charge < -0.3 is 9.26 Å². The number of halogens is 1. The van der Waals surface area contributed by atoms with Gasteiger partial charge in [-0.05, 0) is 39.0 Å². The van der Waals surface area contributed by atoms with Crippen LogP contribution in [0.2, 0.25) is 5.15 Å². The summed E-state index contributed by atoms with van der Waals surface area (Å²) < 4.78 is 12.0. The number of carbonyl (C=O) groups excluding carboxylic acids is 2. The standard InChI is InChI=1S/C18H16ClN3O4/c1-10-7-14(12(3)22(10)16-8-11(2)26-21-16)15(23)9-25-18(24)13-5-4-6-20-17(13)19/h4-8H,9H2,1-3H3. The van der Waals surface area contributed by atoms with Crippen molar-refractivity contribution in [3.8, 4) is 5.82 Å². The van der Waals surface area contributed by atoms with Gasteiger partial charge in [-0.15, -0.1) is 0 Å². The maximum absolute atomic E-state index is 12.5. The Kier molecular flexibility index (Phi) is 4.90. The van der Waals surface area contributed by atoms with Crippen molar-refractivity contribution in [2.24, 2.45) is 0 Å². The third kappa shape index (κ3) is 3.39. The van der Waals surface area contributed by atoms with Gasteiger partial charge >= 0.3 is 5.97 Å². The topological polar surface area (TPSA) is 87.2 Å². The quantitative estimate of drug-likeness (QED) is 0.386. The molecular formula is C18H16ClN3O4. The summed E-state index contributed by atoms with van der Waals surface area (Å²) in [5, 5.41) is 4.01. The first kappa shape index (κ1) is 17.9. The van der Waals surface area contributed by atoms with Crippen molar-refractivity contribution in [1.82, 2.24) is 14.7 Å². The lowest BCUT2D eigenvalue weighted by Gasteiger charge is -2.06. The van der Waals surface area contributed by atoms with Crippen molar-refractivity contribution in [3.63, 3.8) is 0 Å². The second-order valence-electron chi connectivity index (χ2n) is 5.76. The van der Waals surface area contributed by atoms with Crippen LogP contribution in [0.4, 0.5) is 0 Å². The molecule has 26 heavy (non-hydrogen) atoms. The normalized spacial score (nSPS) is 10.8. The van der Waals surface area contributed by atoms with E-state index in [1.54, 1.807) is 32.0 Å². The Bertz CT molecular complexity index is 990. The van der Waals surface area contributed by atoms with Gasteiger partial charge in [-0.3, -0.25) is 9.36 Å². The number of carbonyl (C=O) groups is 2. The van der Waals surface area contributed by atoms with Crippen molar-refractivity contribution in [3.05, 3.63) is 63.9 Å². The Balaban J connectivity index is 1.77. The third-order valence-electron chi connectivity index (χ3n) is 3.89. The number of esters is 1. The molecular weight excluding hydrogens is 358 g/mol. The summed E-state index contributed by atoms with van der Waals surface area (Å²) in [6.45, 7) is 5.05. The predicted octanol–water partition coefficient (Wildman–Crippen LogP) is 3.48. The number of hydrogen-bond acceptors (Lipinski definition) is 6. The van der Waals surface area contributed by atoms with E-state index < -0.39 is 12.6 Å². The molecule has 0 spiro atoms. The van der Waals surface area contributed by atoms with Gasteiger partial charge in [-0.25, -0.2) is 9.78 Å². The molecule has 0 aliphatic rings. The van der Waals surface area contributed by atoms with Crippen LogP contribution in [0.15, 0.2) is 35.0 Å². The monoisotopic (exact) mass is 373 g/mol. The molecule has 3 aromatic rings. The zero-order valence-corrected chi connectivity index (χ0v) is 15.2. The second kappa shape index (κ2) is 7.13. The van der Waals surface area contributed by atoms with E-state index in [-0.39, 0.29) is 16.5 Å². The molecule has 134 valence electrons. The fraction of sp³-hybridized carbons (Fsp3) is 0.222. The fourth-order valence-corrected chi connectivity index (χ4v) is 2.88. The van der Waals surface area contributed by atoms with Gasteiger partial charge in [0.1, 0.15) is 10.9 Å². The summed E-state index contributed by atoms with van der Waals surface area (Å²) in [6.07, 6.45) is 1.46. The number of rotatable bonds is 5. The largest absolute Gasteiger partial charge is 0.454 e. The fourth-order valence-electron chi connectivity index (χ4n) is 2.68. The maximum atomic E-state index is 12.5. The van der Waals surface area contributed by atoms with Crippen LogP contribution >= 0.6 is 11.6 Å². The Labute approximate surface area is 154 Å². The molecule has 0 radical (unpaired) electrons. The number of Topliss-reactive ketones (excluding diaryl/α,β-unsaturated/α-hetero) is 1. The Morgan fingerprint density at radius 2 is 2.00 bits per heavy atom. The highest BCUT2D eigenvalue weighted by Crippen LogP contribution is 2.21. The molecule has 0 N–H and O–H groups in total. The summed E-state index contributed by atoms with van der Waals surface area (Å²) in [5.74, 6) is 0.244. The first-order chi connectivity index (χ1) is 12.4. The lowest BCUT2D eigenvalue weighted by Crippen LogP contribution is -2.15. The van der Waals surface area contributed by atoms with E-state index >= 15 is 0 Å². The SMILES string of the molecule is Cc1cc(-n2c(C)cc(C(=O)COC(=O)c3cccnc3Cl)c2C)no1. The van der Waals surface area contributed by atoms with Crippen LogP contribution in [0, 0.1) is 20.8 Å². The van der Waals surface area contributed by atoms with Gasteiger partial charge in [0.05, 0.1) is 5.56 Å². The third-order valence-corrected chi connectivity index (χ3v) is 4.19. The van der Waals surface area contributed by atoms with Crippen molar-refractivity contribution in [2.75, 3.05) is 6.61 Å². The molecule has 0 saturated heterocycles. The zero-order chi connectivity index (χ0) is 18.8. The highest BCUT2D eigenvalue weighted by atomic mass is 35.5. The van der Waals surface area contributed by atoms with Crippen molar-refractivity contribution >= 4 is 23.4 Å². The second-order valence-corrected chi connectivity index (χ2v) is 6.12. The molecule has 0 aliphatic carbocycles. The first-order valence-electron chi connectivity index (χ1n) is 7.82. The van der Waals surface area contributed by atoms with E-state index in [4.69, 9.17) is 20.9 Å². The summed E-state index contributed by atoms with van der Waals surface area (Å²) in [5.41, 5.74) is 2.08. The molecule has 0 fully saturated rings. The average Bonchev–Trinajstić information content (AvgIpc) is 3.15. The summed E-state index contributed by atoms with van der Waals surface area (Å²) in [6, 6.07) is 6.56. The number of pyridine rings is 1. The zero-order valence-electron chi connectivity index (χ0n) is 14.4. The number of hydrogen-bond donors (Lipinski definition) is 0. The van der Waals surface area contributed by atoms with Crippen LogP contribution in [-0.4, -0.2) is 33.1 Å². The van der Waals surface area contributed by atoms with Gasteiger partial charge in [0.2, 0.25) is 5.78 Å². The summed E-state index contributed by atoms with van der Waals surface area (Å²) in [4.78, 5) is 28.4. The minimum Gasteiger partial charge on any atom is -0.454 e. The molecule has 0 saturated carbocycles. The van der Waals surface area contributed by atoms with Crippen LogP contribution in [-0.2, 0) is 4.74 Å². The van der Waals surface area contributed by atoms with Gasteiger partial charge in [0.25, 0.3) is 0 Å². The van der Waals surface area contributed by atoms with Gasteiger partial charge in [-0.1, -0.05) is 16.8 Å². The molecule has 0 atom stereocenters. The average molecular weight is 374 g/mol. The van der Waals surface area contributed by atoms with E-state index in [2.05, 4.69) is 10.1 Å². The van der Waals surface area contributed by atoms with Crippen LogP contribution < -0.4 is 0 Å². The lowest BCUT2D eigenvalue weighted by atomic mass is 10.1. The lowest BCUT2D eigenvalue weighted by molar-refractivity contribution is 0.0474. The molecule has 3 heterocycles. The number of aryl methyl sites for hydroxylation is 2. The Morgan fingerprint density at radius 1 is 1.23 bits per heavy atom. The van der Waals surface area contributed by atoms with E-state index in [1.807, 2.05) is 11.5 Å². The highest BCUT2D eigenvalue weighted by Gasteiger charge is 2.20. The maximum Gasteiger partial charge on any atom is 0.341 e. The van der Waals surface area contributed by atoms with E-state index in [0.717, 1.165) is 5.69 Å². The van der Waals surface area contributed by atoms with Crippen LogP contribution in [0.3, 0.4) is 0 Å². The Morgan fingerprint density at radius 3 is 2.65 bits per heavy atom. The smallest absolute Gasteiger partial charge is 0.341 e. The van der Waals surface area contributed by atoms with Crippen LogP contribution in [0.1, 0.15) is 37.9 Å². The van der Waals surface area contributed by atoms with E-state index in [9.17, 15) is 9.59 Å². The van der Waals surface area contributed by atoms with Crippen molar-refractivity contribution < 1.29 is 18.8 Å². The van der Waals surface area contributed by atoms with E-state index in [0.29, 0.717) is 22.8 Å².